The first-order valence-corrected chi connectivity index (χ1v) is 13.4. The van der Waals surface area contributed by atoms with Gasteiger partial charge < -0.3 is 10.1 Å². The fraction of sp³-hybridized carbons (Fsp3) is 0.462. The Bertz CT molecular complexity index is 1190. The van der Waals surface area contributed by atoms with Crippen LogP contribution in [0.3, 0.4) is 0 Å². The Hall–Kier alpha value is -2.78. The molecule has 190 valence electrons. The number of carbonyl (C=O) groups excluding carboxylic acids is 2. The molecule has 2 aromatic rings. The molecule has 1 saturated carbocycles. The van der Waals surface area contributed by atoms with Gasteiger partial charge in [0.25, 0.3) is 5.91 Å². The van der Waals surface area contributed by atoms with Crippen LogP contribution in [-0.2, 0) is 29.8 Å². The van der Waals surface area contributed by atoms with Crippen molar-refractivity contribution >= 4 is 27.6 Å². The number of nitrogens with one attached hydrogen (secondary N) is 1. The van der Waals surface area contributed by atoms with Crippen LogP contribution in [0.5, 0.6) is 0 Å². The lowest BCUT2D eigenvalue weighted by molar-refractivity contribution is -0.159. The quantitative estimate of drug-likeness (QED) is 0.506. The predicted molar refractivity (Wildman–Crippen MR) is 132 cm³/mol. The third kappa shape index (κ3) is 5.56. The summed E-state index contributed by atoms with van der Waals surface area (Å²) in [4.78, 5) is 26.2. The fourth-order valence-electron chi connectivity index (χ4n) is 4.60. The molecule has 9 heteroatoms. The first-order valence-electron chi connectivity index (χ1n) is 11.9. The second kappa shape index (κ2) is 10.9. The van der Waals surface area contributed by atoms with Crippen LogP contribution >= 0.6 is 0 Å². The van der Waals surface area contributed by atoms with Gasteiger partial charge in [0.1, 0.15) is 5.82 Å². The third-order valence-electron chi connectivity index (χ3n) is 6.66. The molecule has 3 rings (SSSR count). The van der Waals surface area contributed by atoms with Crippen molar-refractivity contribution in [3.05, 3.63) is 59.4 Å². The van der Waals surface area contributed by atoms with E-state index in [9.17, 15) is 22.4 Å². The molecule has 35 heavy (non-hydrogen) atoms. The van der Waals surface area contributed by atoms with Gasteiger partial charge in [0.05, 0.1) is 10.3 Å². The first kappa shape index (κ1) is 26.8. The molecule has 1 aliphatic carbocycles. The van der Waals surface area contributed by atoms with E-state index in [-0.39, 0.29) is 10.6 Å². The summed E-state index contributed by atoms with van der Waals surface area (Å²) in [6.07, 6.45) is 1.53. The fourth-order valence-corrected chi connectivity index (χ4v) is 6.31. The Morgan fingerprint density at radius 2 is 1.77 bits per heavy atom. The molecular weight excluding hydrogens is 471 g/mol. The van der Waals surface area contributed by atoms with E-state index in [1.165, 1.54) is 29.4 Å². The van der Waals surface area contributed by atoms with E-state index in [2.05, 4.69) is 5.32 Å². The smallest absolute Gasteiger partial charge is 0.317 e. The number of sulfonamides is 1. The molecule has 0 heterocycles. The van der Waals surface area contributed by atoms with Crippen LogP contribution in [-0.4, -0.2) is 43.8 Å². The minimum absolute atomic E-state index is 0.111. The molecule has 0 unspecified atom stereocenters. The van der Waals surface area contributed by atoms with Crippen molar-refractivity contribution in [2.24, 2.45) is 0 Å². The van der Waals surface area contributed by atoms with Crippen LogP contribution in [0.15, 0.2) is 47.4 Å². The van der Waals surface area contributed by atoms with Gasteiger partial charge in [-0.15, -0.1) is 0 Å². The number of nitrogens with zero attached hydrogens (tertiary/aromatic N) is 1. The number of carbonyl (C=O) groups is 2. The molecule has 7 nitrogen and oxygen atoms in total. The maximum absolute atomic E-state index is 13.9. The summed E-state index contributed by atoms with van der Waals surface area (Å²) >= 11 is 0. The number of halogens is 1. The van der Waals surface area contributed by atoms with Crippen LogP contribution in [0.2, 0.25) is 0 Å². The monoisotopic (exact) mass is 504 g/mol. The van der Waals surface area contributed by atoms with Crippen molar-refractivity contribution in [3.63, 3.8) is 0 Å². The number of anilines is 1. The highest BCUT2D eigenvalue weighted by Gasteiger charge is 2.45. The summed E-state index contributed by atoms with van der Waals surface area (Å²) in [5.74, 6) is -1.57. The molecular formula is C26H33FN2O5S. The van der Waals surface area contributed by atoms with Crippen LogP contribution in [0.1, 0.15) is 57.6 Å². The Kier molecular flexibility index (Phi) is 8.33. The average Bonchev–Trinajstić information content (AvgIpc) is 3.32. The number of esters is 1. The van der Waals surface area contributed by atoms with Crippen molar-refractivity contribution in [2.45, 2.75) is 69.8 Å². The summed E-state index contributed by atoms with van der Waals surface area (Å²) < 4.78 is 46.8. The highest BCUT2D eigenvalue weighted by atomic mass is 32.2. The number of rotatable bonds is 9. The van der Waals surface area contributed by atoms with E-state index in [1.54, 1.807) is 45.0 Å². The Labute approximate surface area is 206 Å². The van der Waals surface area contributed by atoms with E-state index in [0.717, 1.165) is 12.8 Å². The minimum atomic E-state index is -3.72. The lowest BCUT2D eigenvalue weighted by atomic mass is 9.79. The molecule has 0 bridgehead atoms. The second-order valence-corrected chi connectivity index (χ2v) is 10.8. The van der Waals surface area contributed by atoms with Gasteiger partial charge >= 0.3 is 5.97 Å². The number of amides is 1. The molecule has 1 atom stereocenters. The number of aryl methyl sites for hydroxylation is 1. The zero-order chi connectivity index (χ0) is 25.8. The number of ether oxygens (including phenoxy) is 1. The standard InChI is InChI=1S/C26H33FN2O5S/c1-5-29(6-2)35(32,33)23-17-22(13-12-18(23)3)28-24(30)19(4)34-25(31)26(14-7-8-15-26)20-10-9-11-21(27)16-20/h9-13,16-17,19H,5-8,14-15H2,1-4H3,(H,28,30)/t19-/m0/s1. The Balaban J connectivity index is 1.77. The normalized spacial score (nSPS) is 16.2. The molecule has 0 radical (unpaired) electrons. The summed E-state index contributed by atoms with van der Waals surface area (Å²) in [5, 5.41) is 2.65. The van der Waals surface area contributed by atoms with E-state index < -0.39 is 39.2 Å². The summed E-state index contributed by atoms with van der Waals surface area (Å²) in [6.45, 7) is 7.34. The molecule has 0 saturated heterocycles. The molecule has 0 aliphatic heterocycles. The minimum Gasteiger partial charge on any atom is -0.452 e. The van der Waals surface area contributed by atoms with E-state index in [1.807, 2.05) is 0 Å². The highest BCUT2D eigenvalue weighted by Crippen LogP contribution is 2.42. The summed E-state index contributed by atoms with van der Waals surface area (Å²) in [5.41, 5.74) is 0.422. The van der Waals surface area contributed by atoms with Crippen molar-refractivity contribution < 1.29 is 27.1 Å². The summed E-state index contributed by atoms with van der Waals surface area (Å²) in [7, 11) is -3.72. The molecule has 1 amide bonds. The second-order valence-electron chi connectivity index (χ2n) is 8.91. The Morgan fingerprint density at radius 3 is 2.37 bits per heavy atom. The lowest BCUT2D eigenvalue weighted by Crippen LogP contribution is -2.40. The molecule has 0 spiro atoms. The molecule has 1 aliphatic rings. The van der Waals surface area contributed by atoms with Crippen molar-refractivity contribution in [1.29, 1.82) is 0 Å². The van der Waals surface area contributed by atoms with Gasteiger partial charge in [0.2, 0.25) is 10.0 Å². The number of hydrogen-bond acceptors (Lipinski definition) is 5. The predicted octanol–water partition coefficient (Wildman–Crippen LogP) is 4.55. The van der Waals surface area contributed by atoms with E-state index >= 15 is 0 Å². The van der Waals surface area contributed by atoms with Crippen molar-refractivity contribution in [1.82, 2.24) is 4.31 Å². The zero-order valence-electron chi connectivity index (χ0n) is 20.6. The van der Waals surface area contributed by atoms with Gasteiger partial charge in [-0.25, -0.2) is 12.8 Å². The highest BCUT2D eigenvalue weighted by molar-refractivity contribution is 7.89. The number of hydrogen-bond donors (Lipinski definition) is 1. The van der Waals surface area contributed by atoms with Gasteiger partial charge in [-0.05, 0) is 62.1 Å². The van der Waals surface area contributed by atoms with Crippen molar-refractivity contribution in [2.75, 3.05) is 18.4 Å². The zero-order valence-corrected chi connectivity index (χ0v) is 21.5. The Morgan fingerprint density at radius 1 is 1.11 bits per heavy atom. The van der Waals surface area contributed by atoms with Crippen LogP contribution in [0.4, 0.5) is 10.1 Å². The van der Waals surface area contributed by atoms with Gasteiger partial charge in [-0.3, -0.25) is 9.59 Å². The van der Waals surface area contributed by atoms with E-state index in [4.69, 9.17) is 4.74 Å². The van der Waals surface area contributed by atoms with Gasteiger partial charge in [0.15, 0.2) is 6.10 Å². The van der Waals surface area contributed by atoms with Crippen LogP contribution in [0.25, 0.3) is 0 Å². The van der Waals surface area contributed by atoms with Gasteiger partial charge in [0, 0.05) is 18.8 Å². The number of benzene rings is 2. The molecule has 1 fully saturated rings. The largest absolute Gasteiger partial charge is 0.452 e. The average molecular weight is 505 g/mol. The first-order chi connectivity index (χ1) is 16.5. The van der Waals surface area contributed by atoms with Crippen LogP contribution < -0.4 is 5.32 Å². The van der Waals surface area contributed by atoms with Crippen molar-refractivity contribution in [3.8, 4) is 0 Å². The van der Waals surface area contributed by atoms with Gasteiger partial charge in [-0.1, -0.05) is 44.9 Å². The molecule has 2 aromatic carbocycles. The third-order valence-corrected chi connectivity index (χ3v) is 8.85. The topological polar surface area (TPSA) is 92.8 Å². The maximum atomic E-state index is 13.9. The van der Waals surface area contributed by atoms with Gasteiger partial charge in [-0.2, -0.15) is 4.31 Å². The molecule has 0 aromatic heterocycles. The summed E-state index contributed by atoms with van der Waals surface area (Å²) in [6, 6.07) is 10.6. The lowest BCUT2D eigenvalue weighted by Gasteiger charge is -2.28. The SMILES string of the molecule is CCN(CC)S(=O)(=O)c1cc(NC(=O)[C@H](C)OC(=O)C2(c3cccc(F)c3)CCCC2)ccc1C. The van der Waals surface area contributed by atoms with Crippen LogP contribution in [0, 0.1) is 12.7 Å². The maximum Gasteiger partial charge on any atom is 0.317 e. The molecule has 1 N–H and O–H groups in total. The van der Waals surface area contributed by atoms with E-state index in [0.29, 0.717) is 37.1 Å².